The van der Waals surface area contributed by atoms with E-state index in [1.165, 1.54) is 5.56 Å². The Morgan fingerprint density at radius 2 is 1.37 bits per heavy atom. The number of hydrogen-bond donors (Lipinski definition) is 2. The maximum absolute atomic E-state index is 13.6. The van der Waals surface area contributed by atoms with Gasteiger partial charge in [-0.3, -0.25) is 19.5 Å². The molecule has 3 aliphatic rings. The Kier molecular flexibility index (Phi) is 9.65. The number of hydrogen-bond acceptors (Lipinski definition) is 6. The van der Waals surface area contributed by atoms with Crippen LogP contribution in [-0.2, 0) is 15.7 Å². The summed E-state index contributed by atoms with van der Waals surface area (Å²) in [6.07, 6.45) is 7.00. The van der Waals surface area contributed by atoms with Crippen LogP contribution in [0.4, 0.5) is 4.79 Å². The van der Waals surface area contributed by atoms with Crippen molar-refractivity contribution in [3.8, 4) is 0 Å². The molecule has 10 heteroatoms. The molecular weight excluding hydrogens is 580 g/mol. The lowest BCUT2D eigenvalue weighted by molar-refractivity contribution is -0.138. The van der Waals surface area contributed by atoms with E-state index in [1.807, 2.05) is 58.3 Å². The molecule has 2 aromatic carbocycles. The summed E-state index contributed by atoms with van der Waals surface area (Å²) in [5.41, 5.74) is 2.48. The highest BCUT2D eigenvalue weighted by atomic mass is 16.4. The Morgan fingerprint density at radius 3 is 2.02 bits per heavy atom. The average Bonchev–Trinajstić information content (AvgIpc) is 3.54. The monoisotopic (exact) mass is 624 g/mol. The summed E-state index contributed by atoms with van der Waals surface area (Å²) in [7, 11) is 0. The number of aromatic nitrogens is 1. The summed E-state index contributed by atoms with van der Waals surface area (Å²) in [4.78, 5) is 50.5. The van der Waals surface area contributed by atoms with Crippen LogP contribution in [0.2, 0.25) is 0 Å². The van der Waals surface area contributed by atoms with E-state index in [0.29, 0.717) is 32.7 Å². The van der Waals surface area contributed by atoms with Crippen LogP contribution in [0.1, 0.15) is 47.2 Å². The predicted octanol–water partition coefficient (Wildman–Crippen LogP) is 3.66. The molecule has 3 aromatic rings. The van der Waals surface area contributed by atoms with E-state index in [0.717, 1.165) is 63.0 Å². The van der Waals surface area contributed by atoms with Crippen LogP contribution in [0, 0.1) is 0 Å². The third kappa shape index (κ3) is 7.08. The number of benzene rings is 2. The van der Waals surface area contributed by atoms with Crippen molar-refractivity contribution in [1.82, 2.24) is 29.9 Å². The fourth-order valence-electron chi connectivity index (χ4n) is 7.46. The first kappa shape index (κ1) is 31.7. The molecule has 0 aliphatic carbocycles. The van der Waals surface area contributed by atoms with Crippen molar-refractivity contribution in [1.29, 1.82) is 0 Å². The SMILES string of the molecule is O=C(O)CN1CCN(C(=O)NC2(c3ccncc3)CCN(CCC3(c4ccccc4)CCN(C(=O)c4ccccc4)C3)CC2)CC1. The summed E-state index contributed by atoms with van der Waals surface area (Å²) in [5, 5.41) is 12.5. The molecule has 1 atom stereocenters. The van der Waals surface area contributed by atoms with Crippen LogP contribution in [0.25, 0.3) is 0 Å². The minimum atomic E-state index is -0.845. The van der Waals surface area contributed by atoms with Crippen molar-refractivity contribution >= 4 is 17.9 Å². The van der Waals surface area contributed by atoms with Gasteiger partial charge in [-0.25, -0.2) is 4.79 Å². The van der Waals surface area contributed by atoms with Crippen LogP contribution in [-0.4, -0.2) is 113 Å². The third-order valence-electron chi connectivity index (χ3n) is 10.3. The number of piperazine rings is 1. The van der Waals surface area contributed by atoms with Gasteiger partial charge < -0.3 is 25.1 Å². The second-order valence-corrected chi connectivity index (χ2v) is 13.0. The quantitative estimate of drug-likeness (QED) is 0.374. The molecule has 0 radical (unpaired) electrons. The molecule has 4 heterocycles. The molecule has 0 spiro atoms. The fraction of sp³-hybridized carbons (Fsp3) is 0.444. The Morgan fingerprint density at radius 1 is 0.717 bits per heavy atom. The number of carboxylic acid groups (broad SMARTS) is 1. The minimum Gasteiger partial charge on any atom is -0.480 e. The van der Waals surface area contributed by atoms with Crippen LogP contribution in [0.15, 0.2) is 85.2 Å². The van der Waals surface area contributed by atoms with Gasteiger partial charge in [0.1, 0.15) is 0 Å². The van der Waals surface area contributed by atoms with Gasteiger partial charge in [0.15, 0.2) is 0 Å². The number of pyridine rings is 1. The van der Waals surface area contributed by atoms with Crippen molar-refractivity contribution in [2.75, 3.05) is 65.4 Å². The van der Waals surface area contributed by atoms with Gasteiger partial charge in [-0.1, -0.05) is 48.5 Å². The zero-order chi connectivity index (χ0) is 32.0. The Labute approximate surface area is 271 Å². The number of carbonyl (C=O) groups is 3. The molecule has 6 rings (SSSR count). The van der Waals surface area contributed by atoms with Crippen molar-refractivity contribution in [3.63, 3.8) is 0 Å². The minimum absolute atomic E-state index is 0.000823. The molecule has 2 N–H and O–H groups in total. The lowest BCUT2D eigenvalue weighted by Gasteiger charge is -2.45. The largest absolute Gasteiger partial charge is 0.480 e. The van der Waals surface area contributed by atoms with Gasteiger partial charge in [-0.15, -0.1) is 0 Å². The molecule has 1 unspecified atom stereocenters. The molecule has 3 amide bonds. The summed E-state index contributed by atoms with van der Waals surface area (Å²) >= 11 is 0. The number of likely N-dealkylation sites (tertiary alicyclic amines) is 2. The molecule has 242 valence electrons. The van der Waals surface area contributed by atoms with E-state index < -0.39 is 11.5 Å². The van der Waals surface area contributed by atoms with Crippen molar-refractivity contribution < 1.29 is 19.5 Å². The maximum Gasteiger partial charge on any atom is 0.318 e. The number of carboxylic acids is 1. The number of nitrogens with zero attached hydrogens (tertiary/aromatic N) is 5. The first-order chi connectivity index (χ1) is 22.4. The maximum atomic E-state index is 13.6. The van der Waals surface area contributed by atoms with E-state index in [-0.39, 0.29) is 23.9 Å². The van der Waals surface area contributed by atoms with Crippen LogP contribution >= 0.6 is 0 Å². The highest BCUT2D eigenvalue weighted by Gasteiger charge is 2.43. The Bertz CT molecular complexity index is 1470. The highest BCUT2D eigenvalue weighted by molar-refractivity contribution is 5.94. The third-order valence-corrected chi connectivity index (χ3v) is 10.3. The molecule has 3 saturated heterocycles. The number of nitrogens with one attached hydrogen (secondary N) is 1. The predicted molar refractivity (Wildman–Crippen MR) is 175 cm³/mol. The van der Waals surface area contributed by atoms with Gasteiger partial charge in [0.05, 0.1) is 12.1 Å². The Balaban J connectivity index is 1.11. The molecule has 46 heavy (non-hydrogen) atoms. The van der Waals surface area contributed by atoms with E-state index in [4.69, 9.17) is 5.11 Å². The van der Waals surface area contributed by atoms with Gasteiger partial charge in [0.25, 0.3) is 5.91 Å². The van der Waals surface area contributed by atoms with Crippen molar-refractivity contribution in [2.45, 2.75) is 36.6 Å². The van der Waals surface area contributed by atoms with E-state index >= 15 is 0 Å². The molecule has 0 bridgehead atoms. The van der Waals surface area contributed by atoms with Gasteiger partial charge in [0.2, 0.25) is 0 Å². The topological polar surface area (TPSA) is 109 Å². The van der Waals surface area contributed by atoms with Crippen molar-refractivity contribution in [3.05, 3.63) is 102 Å². The van der Waals surface area contributed by atoms with E-state index in [2.05, 4.69) is 39.5 Å². The summed E-state index contributed by atoms with van der Waals surface area (Å²) in [6.45, 7) is 6.14. The molecule has 1 aromatic heterocycles. The molecule has 10 nitrogen and oxygen atoms in total. The van der Waals surface area contributed by atoms with E-state index in [9.17, 15) is 14.4 Å². The van der Waals surface area contributed by atoms with E-state index in [1.54, 1.807) is 17.3 Å². The van der Waals surface area contributed by atoms with Crippen LogP contribution < -0.4 is 5.32 Å². The lowest BCUT2D eigenvalue weighted by atomic mass is 9.76. The molecule has 3 aliphatic heterocycles. The second kappa shape index (κ2) is 14.0. The molecular formula is C36H44N6O4. The molecule has 3 fully saturated rings. The molecule has 0 saturated carbocycles. The van der Waals surface area contributed by atoms with Crippen LogP contribution in [0.5, 0.6) is 0 Å². The first-order valence-corrected chi connectivity index (χ1v) is 16.4. The van der Waals surface area contributed by atoms with Gasteiger partial charge in [-0.05, 0) is 67.6 Å². The fourth-order valence-corrected chi connectivity index (χ4v) is 7.46. The summed E-state index contributed by atoms with van der Waals surface area (Å²) in [5.74, 6) is -0.750. The smallest absolute Gasteiger partial charge is 0.318 e. The summed E-state index contributed by atoms with van der Waals surface area (Å²) in [6, 6.07) is 24.1. The van der Waals surface area contributed by atoms with Crippen LogP contribution in [0.3, 0.4) is 0 Å². The summed E-state index contributed by atoms with van der Waals surface area (Å²) < 4.78 is 0. The Hall–Kier alpha value is -4.28. The van der Waals surface area contributed by atoms with Gasteiger partial charge in [0, 0.05) is 75.7 Å². The van der Waals surface area contributed by atoms with Gasteiger partial charge >= 0.3 is 12.0 Å². The number of urea groups is 1. The number of carbonyl (C=O) groups excluding carboxylic acids is 2. The number of amides is 3. The lowest BCUT2D eigenvalue weighted by Crippen LogP contribution is -2.59. The highest BCUT2D eigenvalue weighted by Crippen LogP contribution is 2.40. The average molecular weight is 625 g/mol. The number of piperidine rings is 1. The number of aliphatic carboxylic acids is 1. The second-order valence-electron chi connectivity index (χ2n) is 13.0. The standard InChI is InChI=1S/C36H44N6O4/c43-32(44)27-40-23-25-41(26-24-40)34(46)38-36(31-11-17-37-18-12-31)15-20-39(21-16-36)19-13-35(30-9-5-2-6-10-30)14-22-42(28-35)33(45)29-7-3-1-4-8-29/h1-12,17-18H,13-16,19-28H2,(H,38,46)(H,43,44). The normalized spacial score (nSPS) is 22.0. The zero-order valence-corrected chi connectivity index (χ0v) is 26.4. The van der Waals surface area contributed by atoms with Crippen molar-refractivity contribution in [2.24, 2.45) is 0 Å². The first-order valence-electron chi connectivity index (χ1n) is 16.4. The zero-order valence-electron chi connectivity index (χ0n) is 26.4. The number of rotatable bonds is 9. The van der Waals surface area contributed by atoms with Gasteiger partial charge in [-0.2, -0.15) is 0 Å².